The molecule has 18 heavy (non-hydrogen) atoms. The van der Waals surface area contributed by atoms with E-state index in [1.807, 2.05) is 0 Å². The second-order valence-electron chi connectivity index (χ2n) is 5.43. The number of hydrogen-bond donors (Lipinski definition) is 1. The summed E-state index contributed by atoms with van der Waals surface area (Å²) in [7, 11) is 2.19. The Labute approximate surface area is 110 Å². The first-order valence-electron chi connectivity index (χ1n) is 6.95. The summed E-state index contributed by atoms with van der Waals surface area (Å²) in [5, 5.41) is 0. The van der Waals surface area contributed by atoms with Gasteiger partial charge in [-0.1, -0.05) is 13.3 Å². The van der Waals surface area contributed by atoms with E-state index in [4.69, 9.17) is 5.73 Å². The molecule has 1 aromatic rings. The molecular formula is C14H24N4. The summed E-state index contributed by atoms with van der Waals surface area (Å²) in [6.07, 6.45) is 10.1. The smallest absolute Gasteiger partial charge is 0.141 e. The molecule has 0 spiro atoms. The molecule has 1 aliphatic carbocycles. The molecule has 1 fully saturated rings. The summed E-state index contributed by atoms with van der Waals surface area (Å²) in [6.45, 7) is 3.17. The van der Waals surface area contributed by atoms with Gasteiger partial charge in [0, 0.05) is 12.6 Å². The Morgan fingerprint density at radius 1 is 1.22 bits per heavy atom. The van der Waals surface area contributed by atoms with Crippen LogP contribution in [0.25, 0.3) is 0 Å². The van der Waals surface area contributed by atoms with Crippen molar-refractivity contribution in [1.29, 1.82) is 0 Å². The molecule has 0 atom stereocenters. The zero-order valence-electron chi connectivity index (χ0n) is 11.5. The van der Waals surface area contributed by atoms with Crippen LogP contribution in [0.1, 0.15) is 44.7 Å². The Balaban J connectivity index is 1.85. The van der Waals surface area contributed by atoms with Crippen LogP contribution in [-0.2, 0) is 6.54 Å². The molecule has 2 N–H and O–H groups in total. The topological polar surface area (TPSA) is 55.0 Å². The second kappa shape index (κ2) is 6.14. The molecule has 100 valence electrons. The highest BCUT2D eigenvalue weighted by Gasteiger charge is 2.23. The quantitative estimate of drug-likeness (QED) is 0.889. The Bertz CT molecular complexity index is 355. The maximum Gasteiger partial charge on any atom is 0.141 e. The summed E-state index contributed by atoms with van der Waals surface area (Å²) in [4.78, 5) is 10.8. The molecule has 1 heterocycles. The molecule has 4 heteroatoms. The summed E-state index contributed by atoms with van der Waals surface area (Å²) in [6, 6.07) is 0.701. The molecule has 0 aliphatic heterocycles. The van der Waals surface area contributed by atoms with Crippen molar-refractivity contribution < 1.29 is 0 Å². The third-order valence-corrected chi connectivity index (χ3v) is 4.15. The number of nitrogens with two attached hydrogens (primary N) is 1. The SMILES string of the molecule is CCC1CCC(N(C)Cc2cnc(N)cn2)CC1. The summed E-state index contributed by atoms with van der Waals surface area (Å²) in [5.74, 6) is 1.44. The van der Waals surface area contributed by atoms with Gasteiger partial charge in [0.25, 0.3) is 0 Å². The summed E-state index contributed by atoms with van der Waals surface area (Å²) >= 11 is 0. The highest BCUT2D eigenvalue weighted by molar-refractivity contribution is 5.22. The highest BCUT2D eigenvalue weighted by Crippen LogP contribution is 2.29. The van der Waals surface area contributed by atoms with Crippen molar-refractivity contribution in [3.8, 4) is 0 Å². The lowest BCUT2D eigenvalue weighted by atomic mass is 9.84. The lowest BCUT2D eigenvalue weighted by molar-refractivity contribution is 0.156. The number of anilines is 1. The molecular weight excluding hydrogens is 224 g/mol. The molecule has 0 radical (unpaired) electrons. The van der Waals surface area contributed by atoms with Crippen molar-refractivity contribution in [3.05, 3.63) is 18.1 Å². The maximum absolute atomic E-state index is 5.54. The van der Waals surface area contributed by atoms with Crippen molar-refractivity contribution in [2.45, 2.75) is 51.6 Å². The highest BCUT2D eigenvalue weighted by atomic mass is 15.1. The fourth-order valence-corrected chi connectivity index (χ4v) is 2.82. The van der Waals surface area contributed by atoms with Crippen LogP contribution in [0.15, 0.2) is 12.4 Å². The van der Waals surface area contributed by atoms with Crippen molar-refractivity contribution >= 4 is 5.82 Å². The predicted octanol–water partition coefficient (Wildman–Crippen LogP) is 2.46. The van der Waals surface area contributed by atoms with Gasteiger partial charge in [0.2, 0.25) is 0 Å². The molecule has 1 aromatic heterocycles. The Morgan fingerprint density at radius 2 is 1.94 bits per heavy atom. The van der Waals surface area contributed by atoms with Crippen LogP contribution in [0.5, 0.6) is 0 Å². The zero-order valence-corrected chi connectivity index (χ0v) is 11.5. The van der Waals surface area contributed by atoms with E-state index < -0.39 is 0 Å². The third kappa shape index (κ3) is 3.42. The molecule has 4 nitrogen and oxygen atoms in total. The van der Waals surface area contributed by atoms with E-state index in [-0.39, 0.29) is 0 Å². The van der Waals surface area contributed by atoms with Gasteiger partial charge < -0.3 is 5.73 Å². The lowest BCUT2D eigenvalue weighted by Crippen LogP contribution is -2.34. The monoisotopic (exact) mass is 248 g/mol. The van der Waals surface area contributed by atoms with Crippen molar-refractivity contribution in [1.82, 2.24) is 14.9 Å². The maximum atomic E-state index is 5.54. The van der Waals surface area contributed by atoms with Gasteiger partial charge in [-0.15, -0.1) is 0 Å². The van der Waals surface area contributed by atoms with Gasteiger partial charge in [-0.2, -0.15) is 0 Å². The van der Waals surface area contributed by atoms with E-state index >= 15 is 0 Å². The van der Waals surface area contributed by atoms with E-state index in [0.29, 0.717) is 11.9 Å². The third-order valence-electron chi connectivity index (χ3n) is 4.15. The van der Waals surface area contributed by atoms with E-state index in [1.165, 1.54) is 32.1 Å². The van der Waals surface area contributed by atoms with Crippen LogP contribution in [0.4, 0.5) is 5.82 Å². The fourth-order valence-electron chi connectivity index (χ4n) is 2.82. The standard InChI is InChI=1S/C14H24N4/c1-3-11-4-6-13(7-5-11)18(2)10-12-8-17-14(15)9-16-12/h8-9,11,13H,3-7,10H2,1-2H3,(H2,15,17). The van der Waals surface area contributed by atoms with Gasteiger partial charge in [0.1, 0.15) is 5.82 Å². The Kier molecular flexibility index (Phi) is 4.53. The second-order valence-corrected chi connectivity index (χ2v) is 5.43. The average Bonchev–Trinajstić information content (AvgIpc) is 2.41. The normalized spacial score (nSPS) is 24.4. The van der Waals surface area contributed by atoms with Crippen LogP contribution in [0, 0.1) is 5.92 Å². The predicted molar refractivity (Wildman–Crippen MR) is 73.9 cm³/mol. The first-order valence-corrected chi connectivity index (χ1v) is 6.95. The number of hydrogen-bond acceptors (Lipinski definition) is 4. The van der Waals surface area contributed by atoms with Crippen LogP contribution >= 0.6 is 0 Å². The number of aromatic nitrogens is 2. The minimum Gasteiger partial charge on any atom is -0.382 e. The van der Waals surface area contributed by atoms with Crippen molar-refractivity contribution in [3.63, 3.8) is 0 Å². The molecule has 2 rings (SSSR count). The molecule has 0 saturated heterocycles. The fraction of sp³-hybridized carbons (Fsp3) is 0.714. The molecule has 0 aromatic carbocycles. The van der Waals surface area contributed by atoms with E-state index in [2.05, 4.69) is 28.8 Å². The Hall–Kier alpha value is -1.16. The van der Waals surface area contributed by atoms with E-state index in [9.17, 15) is 0 Å². The molecule has 1 saturated carbocycles. The zero-order chi connectivity index (χ0) is 13.0. The molecule has 0 unspecified atom stereocenters. The summed E-state index contributed by atoms with van der Waals surface area (Å²) < 4.78 is 0. The number of nitrogen functional groups attached to an aromatic ring is 1. The number of rotatable bonds is 4. The minimum absolute atomic E-state index is 0.491. The van der Waals surface area contributed by atoms with Gasteiger partial charge in [-0.05, 0) is 38.6 Å². The average molecular weight is 248 g/mol. The first kappa shape index (κ1) is 13.3. The van der Waals surface area contributed by atoms with Crippen LogP contribution in [0.3, 0.4) is 0 Å². The summed E-state index contributed by atoms with van der Waals surface area (Å²) in [5.41, 5.74) is 6.55. The molecule has 0 bridgehead atoms. The van der Waals surface area contributed by atoms with Gasteiger partial charge in [0.05, 0.1) is 18.1 Å². The van der Waals surface area contributed by atoms with Crippen LogP contribution in [0.2, 0.25) is 0 Å². The van der Waals surface area contributed by atoms with Crippen molar-refractivity contribution in [2.24, 2.45) is 5.92 Å². The van der Waals surface area contributed by atoms with Crippen LogP contribution in [-0.4, -0.2) is 28.0 Å². The minimum atomic E-state index is 0.491. The largest absolute Gasteiger partial charge is 0.382 e. The van der Waals surface area contributed by atoms with Crippen LogP contribution < -0.4 is 5.73 Å². The number of nitrogens with zero attached hydrogens (tertiary/aromatic N) is 3. The van der Waals surface area contributed by atoms with E-state index in [1.54, 1.807) is 12.4 Å². The first-order chi connectivity index (χ1) is 8.69. The van der Waals surface area contributed by atoms with Crippen molar-refractivity contribution in [2.75, 3.05) is 12.8 Å². The lowest BCUT2D eigenvalue weighted by Gasteiger charge is -2.34. The molecule has 0 amide bonds. The molecule has 1 aliphatic rings. The Morgan fingerprint density at radius 3 is 2.50 bits per heavy atom. The van der Waals surface area contributed by atoms with Gasteiger partial charge >= 0.3 is 0 Å². The van der Waals surface area contributed by atoms with Gasteiger partial charge in [-0.25, -0.2) is 4.98 Å². The van der Waals surface area contributed by atoms with Gasteiger partial charge in [0.15, 0.2) is 0 Å². The van der Waals surface area contributed by atoms with E-state index in [0.717, 1.165) is 18.2 Å². The van der Waals surface area contributed by atoms with Gasteiger partial charge in [-0.3, -0.25) is 9.88 Å².